The normalized spacial score (nSPS) is 14.3. The molecule has 2 N–H and O–H groups in total. The smallest absolute Gasteiger partial charge is 0.253 e. The Kier molecular flexibility index (Phi) is 8.32. The predicted molar refractivity (Wildman–Crippen MR) is 142 cm³/mol. The molecule has 0 aliphatic carbocycles. The Bertz CT molecular complexity index is 1170. The van der Waals surface area contributed by atoms with Crippen LogP contribution in [0.2, 0.25) is 0 Å². The maximum atomic E-state index is 13.0. The van der Waals surface area contributed by atoms with Gasteiger partial charge in [0.15, 0.2) is 5.11 Å². The average molecular weight is 479 g/mol. The molecule has 4 rings (SSSR count). The van der Waals surface area contributed by atoms with Crippen molar-refractivity contribution in [3.63, 3.8) is 0 Å². The Morgan fingerprint density at radius 1 is 1.12 bits per heavy atom. The fourth-order valence-corrected chi connectivity index (χ4v) is 4.72. The maximum Gasteiger partial charge on any atom is 0.253 e. The lowest BCUT2D eigenvalue weighted by molar-refractivity contribution is 0.0376. The quantitative estimate of drug-likeness (QED) is 0.380. The van der Waals surface area contributed by atoms with Crippen LogP contribution in [0.4, 0.5) is 0 Å². The van der Waals surface area contributed by atoms with Gasteiger partial charge in [0.1, 0.15) is 0 Å². The summed E-state index contributed by atoms with van der Waals surface area (Å²) in [4.78, 5) is 20.6. The molecule has 3 aromatic rings. The van der Waals surface area contributed by atoms with Crippen molar-refractivity contribution in [2.24, 2.45) is 0 Å². The molecule has 2 heterocycles. The number of fused-ring (bicyclic) bond motifs is 1. The zero-order valence-electron chi connectivity index (χ0n) is 20.1. The highest BCUT2D eigenvalue weighted by atomic mass is 32.1. The molecule has 0 spiro atoms. The molecule has 34 heavy (non-hydrogen) atoms. The first-order valence-electron chi connectivity index (χ1n) is 12.0. The minimum absolute atomic E-state index is 0.0624. The Morgan fingerprint density at radius 2 is 1.88 bits per heavy atom. The number of nitrogens with zero attached hydrogens (tertiary/aromatic N) is 2. The third-order valence-electron chi connectivity index (χ3n) is 6.27. The summed E-state index contributed by atoms with van der Waals surface area (Å²) in [6.45, 7) is 10.6. The molecule has 0 radical (unpaired) electrons. The van der Waals surface area contributed by atoms with Gasteiger partial charge < -0.3 is 19.9 Å². The largest absolute Gasteiger partial charge is 0.379 e. The van der Waals surface area contributed by atoms with E-state index >= 15 is 0 Å². The van der Waals surface area contributed by atoms with Gasteiger partial charge in [0.05, 0.1) is 25.3 Å². The van der Waals surface area contributed by atoms with E-state index < -0.39 is 0 Å². The second-order valence-electron chi connectivity index (χ2n) is 9.05. The fraction of sp³-hybridized carbons (Fsp3) is 0.407. The zero-order valence-corrected chi connectivity index (χ0v) is 20.9. The summed E-state index contributed by atoms with van der Waals surface area (Å²) in [5.41, 5.74) is 4.97. The van der Waals surface area contributed by atoms with Gasteiger partial charge in [-0.1, -0.05) is 42.0 Å². The maximum absolute atomic E-state index is 13.0. The zero-order chi connectivity index (χ0) is 23.9. The summed E-state index contributed by atoms with van der Waals surface area (Å²) in [7, 11) is 0. The van der Waals surface area contributed by atoms with Gasteiger partial charge >= 0.3 is 0 Å². The highest BCUT2D eigenvalue weighted by molar-refractivity contribution is 7.80. The van der Waals surface area contributed by atoms with Crippen molar-refractivity contribution < 1.29 is 4.74 Å². The lowest BCUT2D eigenvalue weighted by atomic mass is 10.1. The van der Waals surface area contributed by atoms with Crippen molar-refractivity contribution in [3.05, 3.63) is 81.1 Å². The molecule has 1 aliphatic heterocycles. The second-order valence-corrected chi connectivity index (χ2v) is 9.44. The molecule has 0 saturated carbocycles. The number of morpholine rings is 1. The number of hydrogen-bond donors (Lipinski definition) is 2. The van der Waals surface area contributed by atoms with Crippen LogP contribution >= 0.6 is 12.2 Å². The standard InChI is InChI=1S/C27H34N4O2S/c1-20-15-21(2)25-23(16-20)17-24(26(32)29-25)19-31(18-22-7-4-3-5-8-22)27(34)28-9-6-10-30-11-13-33-14-12-30/h3-5,7-8,15-17H,6,9-14,18-19H2,1-2H3,(H,28,34)(H,29,32). The van der Waals surface area contributed by atoms with Crippen LogP contribution in [-0.2, 0) is 17.8 Å². The Labute approximate surface area is 206 Å². The van der Waals surface area contributed by atoms with E-state index in [1.54, 1.807) is 0 Å². The van der Waals surface area contributed by atoms with Crippen molar-refractivity contribution in [2.75, 3.05) is 39.4 Å². The van der Waals surface area contributed by atoms with Crippen LogP contribution in [0.1, 0.15) is 28.7 Å². The number of aromatic nitrogens is 1. The summed E-state index contributed by atoms with van der Waals surface area (Å²) < 4.78 is 5.43. The van der Waals surface area contributed by atoms with Crippen molar-refractivity contribution in [3.8, 4) is 0 Å². The van der Waals surface area contributed by atoms with Crippen LogP contribution in [0.3, 0.4) is 0 Å². The summed E-state index contributed by atoms with van der Waals surface area (Å²) in [6, 6.07) is 16.5. The summed E-state index contributed by atoms with van der Waals surface area (Å²) in [5, 5.41) is 5.15. The van der Waals surface area contributed by atoms with Gasteiger partial charge in [-0.15, -0.1) is 0 Å². The van der Waals surface area contributed by atoms with Crippen LogP contribution in [0.15, 0.2) is 53.3 Å². The Hall–Kier alpha value is -2.74. The molecule has 6 nitrogen and oxygen atoms in total. The summed E-state index contributed by atoms with van der Waals surface area (Å²) >= 11 is 5.79. The van der Waals surface area contributed by atoms with Gasteiger partial charge in [0.2, 0.25) is 0 Å². The molecule has 1 aliphatic rings. The van der Waals surface area contributed by atoms with Crippen LogP contribution in [0, 0.1) is 13.8 Å². The first kappa shape index (κ1) is 24.4. The first-order valence-corrected chi connectivity index (χ1v) is 12.4. The number of aromatic amines is 1. The van der Waals surface area contributed by atoms with Crippen molar-refractivity contribution in [2.45, 2.75) is 33.4 Å². The molecule has 0 amide bonds. The molecule has 2 aromatic carbocycles. The third kappa shape index (κ3) is 6.44. The predicted octanol–water partition coefficient (Wildman–Crippen LogP) is 3.74. The molecular formula is C27H34N4O2S. The van der Waals surface area contributed by atoms with Gasteiger partial charge in [0.25, 0.3) is 5.56 Å². The van der Waals surface area contributed by atoms with Gasteiger partial charge in [-0.05, 0) is 67.7 Å². The van der Waals surface area contributed by atoms with E-state index in [4.69, 9.17) is 17.0 Å². The number of pyridine rings is 1. The van der Waals surface area contributed by atoms with Crippen LogP contribution in [0.25, 0.3) is 10.9 Å². The van der Waals surface area contributed by atoms with E-state index in [1.807, 2.05) is 31.2 Å². The van der Waals surface area contributed by atoms with Crippen molar-refractivity contribution in [1.82, 2.24) is 20.1 Å². The van der Waals surface area contributed by atoms with E-state index in [1.165, 1.54) is 5.56 Å². The average Bonchev–Trinajstić information content (AvgIpc) is 2.83. The monoisotopic (exact) mass is 478 g/mol. The number of aryl methyl sites for hydroxylation is 2. The lowest BCUT2D eigenvalue weighted by Crippen LogP contribution is -2.42. The number of nitrogens with one attached hydrogen (secondary N) is 2. The minimum Gasteiger partial charge on any atom is -0.379 e. The molecule has 1 fully saturated rings. The van der Waals surface area contributed by atoms with Crippen LogP contribution in [0.5, 0.6) is 0 Å². The number of ether oxygens (including phenoxy) is 1. The second kappa shape index (κ2) is 11.6. The molecule has 0 unspecified atom stereocenters. The molecule has 180 valence electrons. The topological polar surface area (TPSA) is 60.6 Å². The minimum atomic E-state index is -0.0624. The molecule has 0 atom stereocenters. The van der Waals surface area contributed by atoms with Gasteiger partial charge in [-0.25, -0.2) is 0 Å². The van der Waals surface area contributed by atoms with E-state index in [9.17, 15) is 4.79 Å². The van der Waals surface area contributed by atoms with Gasteiger partial charge in [0, 0.05) is 31.7 Å². The van der Waals surface area contributed by atoms with E-state index in [0.29, 0.717) is 23.8 Å². The SMILES string of the molecule is Cc1cc(C)c2[nH]c(=O)c(CN(Cc3ccccc3)C(=S)NCCCN3CCOCC3)cc2c1. The number of hydrogen-bond acceptors (Lipinski definition) is 4. The molecule has 1 aromatic heterocycles. The van der Waals surface area contributed by atoms with Gasteiger partial charge in [-0.3, -0.25) is 9.69 Å². The van der Waals surface area contributed by atoms with Crippen LogP contribution < -0.4 is 10.9 Å². The fourth-order valence-electron chi connectivity index (χ4n) is 4.49. The molecule has 0 bridgehead atoms. The highest BCUT2D eigenvalue weighted by Gasteiger charge is 2.15. The van der Waals surface area contributed by atoms with Crippen LogP contribution in [-0.4, -0.2) is 59.3 Å². The van der Waals surface area contributed by atoms with E-state index in [0.717, 1.165) is 67.8 Å². The Balaban J connectivity index is 1.47. The van der Waals surface area contributed by atoms with E-state index in [-0.39, 0.29) is 5.56 Å². The molecule has 7 heteroatoms. The molecular weight excluding hydrogens is 444 g/mol. The summed E-state index contributed by atoms with van der Waals surface area (Å²) in [6.07, 6.45) is 1.01. The number of H-pyrrole nitrogens is 1. The lowest BCUT2D eigenvalue weighted by Gasteiger charge is -2.28. The van der Waals surface area contributed by atoms with Crippen molar-refractivity contribution >= 4 is 28.2 Å². The Morgan fingerprint density at radius 3 is 2.65 bits per heavy atom. The van der Waals surface area contributed by atoms with E-state index in [2.05, 4.69) is 51.3 Å². The van der Waals surface area contributed by atoms with Crippen molar-refractivity contribution in [1.29, 1.82) is 0 Å². The molecule has 1 saturated heterocycles. The van der Waals surface area contributed by atoms with Gasteiger partial charge in [-0.2, -0.15) is 0 Å². The number of rotatable bonds is 8. The highest BCUT2D eigenvalue weighted by Crippen LogP contribution is 2.19. The third-order valence-corrected chi connectivity index (χ3v) is 6.67. The number of thiocarbonyl (C=S) groups is 1. The summed E-state index contributed by atoms with van der Waals surface area (Å²) in [5.74, 6) is 0. The number of benzene rings is 2. The first-order chi connectivity index (χ1) is 16.5.